The number of nitrogens with zero attached hydrogens (tertiary/aromatic N) is 4. The predicted molar refractivity (Wildman–Crippen MR) is 162 cm³/mol. The summed E-state index contributed by atoms with van der Waals surface area (Å²) in [5.41, 5.74) is -1.14. The molecule has 1 saturated heterocycles. The second-order valence-corrected chi connectivity index (χ2v) is 13.3. The van der Waals surface area contributed by atoms with Gasteiger partial charge >= 0.3 is 17.9 Å². The van der Waals surface area contributed by atoms with Crippen LogP contribution in [-0.2, 0) is 33.4 Å². The van der Waals surface area contributed by atoms with Gasteiger partial charge in [-0.15, -0.1) is 0 Å². The number of aliphatic carboxylic acids is 1. The van der Waals surface area contributed by atoms with Crippen LogP contribution in [0.1, 0.15) is 75.2 Å². The molecule has 0 atom stereocenters. The monoisotopic (exact) mass is 602 g/mol. The highest BCUT2D eigenvalue weighted by atomic mass is 16.6. The van der Waals surface area contributed by atoms with Crippen LogP contribution in [0.4, 0.5) is 0 Å². The van der Waals surface area contributed by atoms with Crippen molar-refractivity contribution in [3.63, 3.8) is 0 Å². The highest BCUT2D eigenvalue weighted by Gasteiger charge is 2.26. The molecule has 1 rings (SSSR count). The van der Waals surface area contributed by atoms with Crippen LogP contribution in [0, 0.1) is 0 Å². The maximum atomic E-state index is 12.7. The lowest BCUT2D eigenvalue weighted by atomic mass is 10.0. The summed E-state index contributed by atoms with van der Waals surface area (Å²) < 4.78 is 16.1. The van der Waals surface area contributed by atoms with E-state index in [0.29, 0.717) is 45.9 Å². The number of ether oxygens (including phenoxy) is 3. The number of hydrogen-bond acceptors (Lipinski definition) is 11. The molecular weight excluding hydrogens is 544 g/mol. The maximum Gasteiger partial charge on any atom is 0.320 e. The first-order valence-electron chi connectivity index (χ1n) is 14.8. The first-order valence-corrected chi connectivity index (χ1v) is 14.8. The quantitative estimate of drug-likeness (QED) is 0.275. The van der Waals surface area contributed by atoms with Gasteiger partial charge in [0.1, 0.15) is 17.5 Å². The third-order valence-electron chi connectivity index (χ3n) is 6.27. The summed E-state index contributed by atoms with van der Waals surface area (Å²) in [4.78, 5) is 55.5. The summed E-state index contributed by atoms with van der Waals surface area (Å²) in [6, 6.07) is 0. The van der Waals surface area contributed by atoms with Crippen LogP contribution >= 0.6 is 0 Å². The van der Waals surface area contributed by atoms with Crippen LogP contribution in [0.25, 0.3) is 0 Å². The summed E-state index contributed by atoms with van der Waals surface area (Å²) in [6.07, 6.45) is 2.44. The maximum absolute atomic E-state index is 12.7. The van der Waals surface area contributed by atoms with E-state index in [-0.39, 0.29) is 43.7 Å². The number of methoxy groups -OCH3 is 1. The van der Waals surface area contributed by atoms with Crippen LogP contribution in [-0.4, -0.2) is 145 Å². The highest BCUT2D eigenvalue weighted by molar-refractivity contribution is 5.72. The van der Waals surface area contributed by atoms with Crippen molar-refractivity contribution in [2.24, 2.45) is 0 Å². The molecule has 0 amide bonds. The van der Waals surface area contributed by atoms with Gasteiger partial charge in [-0.3, -0.25) is 34.0 Å². The lowest BCUT2D eigenvalue weighted by Gasteiger charge is -2.31. The fraction of sp³-hybridized carbons (Fsp3) is 0.867. The smallest absolute Gasteiger partial charge is 0.320 e. The van der Waals surface area contributed by atoms with Gasteiger partial charge in [-0.2, -0.15) is 0 Å². The summed E-state index contributed by atoms with van der Waals surface area (Å²) in [6.45, 7) is 20.5. The number of carbonyl (C=O) groups excluding carboxylic acids is 3. The van der Waals surface area contributed by atoms with E-state index in [1.807, 2.05) is 56.2 Å². The van der Waals surface area contributed by atoms with Gasteiger partial charge in [0.05, 0.1) is 38.4 Å². The minimum atomic E-state index is -0.939. The van der Waals surface area contributed by atoms with Crippen molar-refractivity contribution in [1.29, 1.82) is 0 Å². The molecule has 1 heterocycles. The van der Waals surface area contributed by atoms with E-state index in [1.165, 1.54) is 0 Å². The third kappa shape index (κ3) is 21.6. The fourth-order valence-electron chi connectivity index (χ4n) is 4.12. The summed E-state index contributed by atoms with van der Waals surface area (Å²) in [5.74, 6) is -1.65. The Morgan fingerprint density at radius 1 is 0.714 bits per heavy atom. The minimum absolute atomic E-state index is 0.0350. The van der Waals surface area contributed by atoms with Crippen LogP contribution in [0.2, 0.25) is 0 Å². The van der Waals surface area contributed by atoms with Crippen LogP contribution < -0.4 is 0 Å². The molecule has 12 heteroatoms. The van der Waals surface area contributed by atoms with Gasteiger partial charge in [-0.25, -0.2) is 0 Å². The molecule has 12 nitrogen and oxygen atoms in total. The van der Waals surface area contributed by atoms with Gasteiger partial charge in [-0.1, -0.05) is 13.3 Å². The van der Waals surface area contributed by atoms with Crippen molar-refractivity contribution in [3.8, 4) is 0 Å². The van der Waals surface area contributed by atoms with Gasteiger partial charge in [0.25, 0.3) is 0 Å². The largest absolute Gasteiger partial charge is 0.480 e. The Bertz CT molecular complexity index is 823. The van der Waals surface area contributed by atoms with Crippen molar-refractivity contribution < 1.29 is 38.5 Å². The van der Waals surface area contributed by atoms with E-state index >= 15 is 0 Å². The van der Waals surface area contributed by atoms with Gasteiger partial charge in [-0.05, 0) is 61.8 Å². The number of carbonyl (C=O) groups is 4. The van der Waals surface area contributed by atoms with Crippen LogP contribution in [0.15, 0.2) is 0 Å². The van der Waals surface area contributed by atoms with Crippen molar-refractivity contribution >= 4 is 24.2 Å². The number of rotatable bonds is 11. The zero-order chi connectivity index (χ0) is 32.6. The Labute approximate surface area is 253 Å². The molecule has 0 unspecified atom stereocenters. The number of carboxylic acid groups (broad SMARTS) is 1. The molecule has 0 bridgehead atoms. The molecule has 1 aliphatic heterocycles. The molecule has 0 saturated carbocycles. The van der Waals surface area contributed by atoms with E-state index in [1.54, 1.807) is 32.8 Å². The number of aldehydes is 1. The molecule has 1 aliphatic rings. The summed E-state index contributed by atoms with van der Waals surface area (Å²) in [7, 11) is 1.71. The summed E-state index contributed by atoms with van der Waals surface area (Å²) in [5, 5.41) is 9.34. The average Bonchev–Trinajstić information content (AvgIpc) is 2.84. The Balaban J connectivity index is 0.00000252. The molecule has 42 heavy (non-hydrogen) atoms. The first kappa shape index (κ1) is 39.9. The number of carboxylic acids is 1. The Kier molecular flexibility index (Phi) is 18.2. The molecule has 0 aromatic carbocycles. The van der Waals surface area contributed by atoms with Gasteiger partial charge in [0.2, 0.25) is 0 Å². The molecule has 0 spiro atoms. The Morgan fingerprint density at radius 2 is 1.14 bits per heavy atom. The summed E-state index contributed by atoms with van der Waals surface area (Å²) >= 11 is 0. The van der Waals surface area contributed by atoms with Gasteiger partial charge in [0.15, 0.2) is 0 Å². The number of esters is 2. The van der Waals surface area contributed by atoms with E-state index in [0.717, 1.165) is 19.1 Å². The average molecular weight is 603 g/mol. The highest BCUT2D eigenvalue weighted by Crippen LogP contribution is 2.17. The van der Waals surface area contributed by atoms with Gasteiger partial charge in [0, 0.05) is 46.4 Å². The molecule has 0 aromatic rings. The molecule has 246 valence electrons. The van der Waals surface area contributed by atoms with Crippen LogP contribution in [0.3, 0.4) is 0 Å². The molecule has 0 radical (unpaired) electrons. The standard InChI is InChI=1S/C25H46N4O7.C5H12O/c1-7-8-25(5,6)36-23(34)18-27-10-9-26(17-21(31)32)11-13-28(15-16-30)20-29(14-12-27)19-22(33)35-24(2,3)4;1-5(2,3)6-4/h16H,7-15,17-20H2,1-6H3,(H,31,32);1-4H3. The predicted octanol–water partition coefficient (Wildman–Crippen LogP) is 2.34. The molecule has 1 N–H and O–H groups in total. The molecule has 0 aromatic heterocycles. The zero-order valence-corrected chi connectivity index (χ0v) is 27.9. The van der Waals surface area contributed by atoms with Gasteiger partial charge < -0.3 is 24.1 Å². The van der Waals surface area contributed by atoms with E-state index in [2.05, 4.69) is 0 Å². The van der Waals surface area contributed by atoms with E-state index in [9.17, 15) is 24.3 Å². The van der Waals surface area contributed by atoms with E-state index in [4.69, 9.17) is 14.2 Å². The van der Waals surface area contributed by atoms with Crippen LogP contribution in [0.5, 0.6) is 0 Å². The SMILES string of the molecule is CCCC(C)(C)OC(=O)CN1CCN(CC(=O)O)CCN(CC=O)CN(CC(=O)OC(C)(C)C)CC1.COC(C)(C)C. The lowest BCUT2D eigenvalue weighted by Crippen LogP contribution is -2.47. The fourth-order valence-corrected chi connectivity index (χ4v) is 4.12. The second kappa shape index (κ2) is 19.2. The lowest BCUT2D eigenvalue weighted by molar-refractivity contribution is -0.159. The van der Waals surface area contributed by atoms with Crippen molar-refractivity contribution in [2.45, 2.75) is 92.0 Å². The Hall–Kier alpha value is -2.12. The van der Waals surface area contributed by atoms with Crippen molar-refractivity contribution in [2.75, 3.05) is 79.2 Å². The number of hydrogen-bond donors (Lipinski definition) is 1. The minimum Gasteiger partial charge on any atom is -0.480 e. The molecular formula is C30H58N4O8. The van der Waals surface area contributed by atoms with Crippen molar-refractivity contribution in [1.82, 2.24) is 19.6 Å². The zero-order valence-electron chi connectivity index (χ0n) is 27.9. The third-order valence-corrected chi connectivity index (χ3v) is 6.27. The normalized spacial score (nSPS) is 17.4. The second-order valence-electron chi connectivity index (χ2n) is 13.3. The topological polar surface area (TPSA) is 129 Å². The van der Waals surface area contributed by atoms with E-state index < -0.39 is 17.2 Å². The molecule has 0 aliphatic carbocycles. The first-order chi connectivity index (χ1) is 19.3. The Morgan fingerprint density at radius 3 is 1.57 bits per heavy atom. The van der Waals surface area contributed by atoms with Crippen molar-refractivity contribution in [3.05, 3.63) is 0 Å². The molecule has 1 fully saturated rings.